The summed E-state index contributed by atoms with van der Waals surface area (Å²) >= 11 is 0. The zero-order valence-corrected chi connectivity index (χ0v) is 11.5. The predicted molar refractivity (Wildman–Crippen MR) is 72.7 cm³/mol. The molecule has 0 saturated carbocycles. The molecule has 3 nitrogen and oxygen atoms in total. The molecular formula is C15H25NO2. The van der Waals surface area contributed by atoms with Crippen LogP contribution >= 0.6 is 0 Å². The Kier molecular flexibility index (Phi) is 5.26. The molecule has 102 valence electrons. The summed E-state index contributed by atoms with van der Waals surface area (Å²) in [4.78, 5) is 0. The Morgan fingerprint density at radius 3 is 2.94 bits per heavy atom. The molecule has 1 aliphatic rings. The number of hydrogen-bond donors (Lipinski definition) is 1. The molecule has 0 spiro atoms. The van der Waals surface area contributed by atoms with Gasteiger partial charge in [-0.25, -0.2) is 0 Å². The fourth-order valence-corrected chi connectivity index (χ4v) is 2.66. The monoisotopic (exact) mass is 251 g/mol. The van der Waals surface area contributed by atoms with Crippen molar-refractivity contribution in [3.63, 3.8) is 0 Å². The van der Waals surface area contributed by atoms with Crippen molar-refractivity contribution in [2.75, 3.05) is 19.7 Å². The van der Waals surface area contributed by atoms with Gasteiger partial charge in [0.15, 0.2) is 0 Å². The van der Waals surface area contributed by atoms with Gasteiger partial charge in [0.1, 0.15) is 0 Å². The van der Waals surface area contributed by atoms with Gasteiger partial charge in [0, 0.05) is 19.1 Å². The topological polar surface area (TPSA) is 34.4 Å². The second-order valence-electron chi connectivity index (χ2n) is 5.21. The average molecular weight is 251 g/mol. The molecule has 3 heteroatoms. The molecule has 0 amide bonds. The molecule has 2 atom stereocenters. The first kappa shape index (κ1) is 13.6. The molecule has 2 heterocycles. The van der Waals surface area contributed by atoms with Gasteiger partial charge in [0.25, 0.3) is 0 Å². The fraction of sp³-hybridized carbons (Fsp3) is 0.733. The Morgan fingerprint density at radius 2 is 2.28 bits per heavy atom. The van der Waals surface area contributed by atoms with Crippen molar-refractivity contribution >= 4 is 0 Å². The Morgan fingerprint density at radius 1 is 1.44 bits per heavy atom. The molecule has 0 aromatic carbocycles. The lowest BCUT2D eigenvalue weighted by Gasteiger charge is -2.32. The van der Waals surface area contributed by atoms with E-state index >= 15 is 0 Å². The van der Waals surface area contributed by atoms with Gasteiger partial charge in [-0.3, -0.25) is 0 Å². The van der Waals surface area contributed by atoms with Gasteiger partial charge in [-0.2, -0.15) is 0 Å². The minimum absolute atomic E-state index is 0.289. The molecule has 0 radical (unpaired) electrons. The lowest BCUT2D eigenvalue weighted by atomic mass is 9.89. The first-order chi connectivity index (χ1) is 8.85. The second kappa shape index (κ2) is 6.95. The predicted octanol–water partition coefficient (Wildman–Crippen LogP) is 3.18. The summed E-state index contributed by atoms with van der Waals surface area (Å²) in [7, 11) is 0. The SMILES string of the molecule is CCC(CC)CO[C@H]1CNCC[C@H]1c1ccoc1. The number of ether oxygens (including phenoxy) is 1. The van der Waals surface area contributed by atoms with Crippen LogP contribution in [0.2, 0.25) is 0 Å². The first-order valence-corrected chi connectivity index (χ1v) is 7.19. The van der Waals surface area contributed by atoms with Gasteiger partial charge in [0.05, 0.1) is 18.6 Å². The standard InChI is InChI=1S/C15H25NO2/c1-3-12(4-2)10-18-15-9-16-7-5-14(15)13-6-8-17-11-13/h6,8,11-12,14-16H,3-5,7,9-10H2,1-2H3/t14-,15-/m0/s1. The summed E-state index contributed by atoms with van der Waals surface area (Å²) in [5, 5.41) is 3.43. The van der Waals surface area contributed by atoms with Crippen LogP contribution in [0.1, 0.15) is 44.6 Å². The number of piperidine rings is 1. The lowest BCUT2D eigenvalue weighted by Crippen LogP contribution is -2.41. The van der Waals surface area contributed by atoms with E-state index in [1.165, 1.54) is 18.4 Å². The van der Waals surface area contributed by atoms with Gasteiger partial charge >= 0.3 is 0 Å². The third kappa shape index (κ3) is 3.36. The van der Waals surface area contributed by atoms with Crippen molar-refractivity contribution < 1.29 is 9.15 Å². The number of hydrogen-bond acceptors (Lipinski definition) is 3. The van der Waals surface area contributed by atoms with Crippen LogP contribution in [-0.2, 0) is 4.74 Å². The van der Waals surface area contributed by atoms with Crippen LogP contribution in [0.5, 0.6) is 0 Å². The average Bonchev–Trinajstić information content (AvgIpc) is 2.94. The molecule has 1 saturated heterocycles. The van der Waals surface area contributed by atoms with Crippen LogP contribution in [0.25, 0.3) is 0 Å². The Balaban J connectivity index is 1.92. The van der Waals surface area contributed by atoms with E-state index in [4.69, 9.17) is 9.15 Å². The van der Waals surface area contributed by atoms with Crippen LogP contribution in [0.3, 0.4) is 0 Å². The molecule has 0 bridgehead atoms. The number of rotatable bonds is 6. The second-order valence-corrected chi connectivity index (χ2v) is 5.21. The molecule has 1 N–H and O–H groups in total. The van der Waals surface area contributed by atoms with Crippen molar-refractivity contribution in [3.8, 4) is 0 Å². The van der Waals surface area contributed by atoms with E-state index < -0.39 is 0 Å². The first-order valence-electron chi connectivity index (χ1n) is 7.19. The van der Waals surface area contributed by atoms with Crippen LogP contribution in [0.4, 0.5) is 0 Å². The zero-order valence-electron chi connectivity index (χ0n) is 11.5. The summed E-state index contributed by atoms with van der Waals surface area (Å²) in [5.41, 5.74) is 1.28. The minimum atomic E-state index is 0.289. The zero-order chi connectivity index (χ0) is 12.8. The van der Waals surface area contributed by atoms with Crippen molar-refractivity contribution in [1.82, 2.24) is 5.32 Å². The van der Waals surface area contributed by atoms with Gasteiger partial charge in [-0.15, -0.1) is 0 Å². The van der Waals surface area contributed by atoms with Crippen LogP contribution in [0.15, 0.2) is 23.0 Å². The summed E-state index contributed by atoms with van der Waals surface area (Å²) in [6, 6.07) is 2.07. The molecule has 1 fully saturated rings. The van der Waals surface area contributed by atoms with Crippen molar-refractivity contribution in [1.29, 1.82) is 0 Å². The Bertz CT molecular complexity index is 319. The van der Waals surface area contributed by atoms with E-state index in [1.54, 1.807) is 6.26 Å². The van der Waals surface area contributed by atoms with Gasteiger partial charge in [0.2, 0.25) is 0 Å². The maximum absolute atomic E-state index is 6.16. The van der Waals surface area contributed by atoms with E-state index in [0.29, 0.717) is 11.8 Å². The van der Waals surface area contributed by atoms with E-state index in [9.17, 15) is 0 Å². The van der Waals surface area contributed by atoms with E-state index in [-0.39, 0.29) is 6.10 Å². The highest BCUT2D eigenvalue weighted by Gasteiger charge is 2.28. The smallest absolute Gasteiger partial charge is 0.0938 e. The lowest BCUT2D eigenvalue weighted by molar-refractivity contribution is 0.000835. The third-order valence-corrected chi connectivity index (χ3v) is 4.10. The van der Waals surface area contributed by atoms with Crippen molar-refractivity contribution in [3.05, 3.63) is 24.2 Å². The molecule has 1 aliphatic heterocycles. The van der Waals surface area contributed by atoms with E-state index in [0.717, 1.165) is 26.1 Å². The normalized spacial score (nSPS) is 24.6. The quantitative estimate of drug-likeness (QED) is 0.843. The number of nitrogens with one attached hydrogen (secondary N) is 1. The molecule has 18 heavy (non-hydrogen) atoms. The van der Waals surface area contributed by atoms with E-state index in [2.05, 4.69) is 25.2 Å². The highest BCUT2D eigenvalue weighted by Crippen LogP contribution is 2.28. The molecule has 0 aliphatic carbocycles. The fourth-order valence-electron chi connectivity index (χ4n) is 2.66. The van der Waals surface area contributed by atoms with Crippen molar-refractivity contribution in [2.45, 2.75) is 45.1 Å². The third-order valence-electron chi connectivity index (χ3n) is 4.10. The largest absolute Gasteiger partial charge is 0.472 e. The summed E-state index contributed by atoms with van der Waals surface area (Å²) in [6.07, 6.45) is 7.45. The maximum atomic E-state index is 6.16. The highest BCUT2D eigenvalue weighted by molar-refractivity contribution is 5.15. The minimum Gasteiger partial charge on any atom is -0.472 e. The summed E-state index contributed by atoms with van der Waals surface area (Å²) in [5.74, 6) is 1.18. The van der Waals surface area contributed by atoms with Gasteiger partial charge in [-0.05, 0) is 30.5 Å². The molecule has 2 rings (SSSR count). The highest BCUT2D eigenvalue weighted by atomic mass is 16.5. The van der Waals surface area contributed by atoms with Crippen LogP contribution in [0, 0.1) is 5.92 Å². The molecule has 0 unspecified atom stereocenters. The summed E-state index contributed by atoms with van der Waals surface area (Å²) in [6.45, 7) is 7.39. The Hall–Kier alpha value is -0.800. The molecule has 1 aromatic rings. The van der Waals surface area contributed by atoms with Crippen LogP contribution in [-0.4, -0.2) is 25.8 Å². The molecular weight excluding hydrogens is 226 g/mol. The van der Waals surface area contributed by atoms with Crippen LogP contribution < -0.4 is 5.32 Å². The number of furan rings is 1. The van der Waals surface area contributed by atoms with Gasteiger partial charge in [-0.1, -0.05) is 26.7 Å². The molecule has 1 aromatic heterocycles. The van der Waals surface area contributed by atoms with Crippen molar-refractivity contribution in [2.24, 2.45) is 5.92 Å². The van der Waals surface area contributed by atoms with E-state index in [1.807, 2.05) is 6.26 Å². The summed E-state index contributed by atoms with van der Waals surface area (Å²) < 4.78 is 11.4. The van der Waals surface area contributed by atoms with Gasteiger partial charge < -0.3 is 14.5 Å². The maximum Gasteiger partial charge on any atom is 0.0938 e. The Labute approximate surface area is 110 Å².